The molecule has 0 amide bonds. The van der Waals surface area contributed by atoms with Gasteiger partial charge in [-0.1, -0.05) is 13.8 Å². The molecule has 1 fully saturated rings. The van der Waals surface area contributed by atoms with Crippen molar-refractivity contribution >= 4 is 5.97 Å². The highest BCUT2D eigenvalue weighted by Gasteiger charge is 2.61. The number of ether oxygens (including phenoxy) is 1. The normalized spacial score (nSPS) is 31.2. The van der Waals surface area contributed by atoms with Crippen molar-refractivity contribution in [2.45, 2.75) is 46.3 Å². The Bertz CT molecular complexity index is 228. The molecule has 2 N–H and O–H groups in total. The predicted molar refractivity (Wildman–Crippen MR) is 51.1 cm³/mol. The fraction of sp³-hybridized carbons (Fsp3) is 0.900. The zero-order valence-electron chi connectivity index (χ0n) is 9.05. The van der Waals surface area contributed by atoms with E-state index in [9.17, 15) is 4.79 Å². The first-order valence-electron chi connectivity index (χ1n) is 4.65. The van der Waals surface area contributed by atoms with Crippen molar-refractivity contribution < 1.29 is 9.53 Å². The predicted octanol–water partition coefficient (Wildman–Crippen LogP) is 1.31. The average Bonchev–Trinajstić information content (AvgIpc) is 2.27. The molecule has 2 atom stereocenters. The monoisotopic (exact) mass is 185 g/mol. The third-order valence-corrected chi connectivity index (χ3v) is 2.57. The van der Waals surface area contributed by atoms with Crippen molar-refractivity contribution in [2.75, 3.05) is 0 Å². The Morgan fingerprint density at radius 1 is 1.38 bits per heavy atom. The maximum atomic E-state index is 11.5. The van der Waals surface area contributed by atoms with E-state index in [2.05, 4.69) is 0 Å². The largest absolute Gasteiger partial charge is 0.460 e. The summed E-state index contributed by atoms with van der Waals surface area (Å²) in [5.74, 6) is -0.281. The van der Waals surface area contributed by atoms with Gasteiger partial charge in [0.25, 0.3) is 0 Å². The van der Waals surface area contributed by atoms with Gasteiger partial charge in [-0.2, -0.15) is 0 Å². The summed E-state index contributed by atoms with van der Waals surface area (Å²) in [6.07, 6.45) is 0. The Morgan fingerprint density at radius 2 is 1.77 bits per heavy atom. The minimum Gasteiger partial charge on any atom is -0.460 e. The van der Waals surface area contributed by atoms with E-state index in [1.807, 2.05) is 34.6 Å². The fourth-order valence-electron chi connectivity index (χ4n) is 1.49. The van der Waals surface area contributed by atoms with E-state index in [0.717, 1.165) is 0 Å². The highest BCUT2D eigenvalue weighted by Crippen LogP contribution is 2.51. The third kappa shape index (κ3) is 2.02. The Balaban J connectivity index is 2.54. The molecule has 1 aliphatic carbocycles. The molecule has 0 heterocycles. The minimum atomic E-state index is -0.407. The van der Waals surface area contributed by atoms with Gasteiger partial charge in [0.15, 0.2) is 0 Å². The van der Waals surface area contributed by atoms with Crippen LogP contribution in [0, 0.1) is 11.3 Å². The van der Waals surface area contributed by atoms with Gasteiger partial charge in [-0.05, 0) is 26.2 Å². The van der Waals surface area contributed by atoms with E-state index in [1.165, 1.54) is 0 Å². The second kappa shape index (κ2) is 2.71. The number of nitrogens with two attached hydrogens (primary N) is 1. The van der Waals surface area contributed by atoms with Crippen molar-refractivity contribution in [2.24, 2.45) is 17.1 Å². The maximum Gasteiger partial charge on any atom is 0.311 e. The van der Waals surface area contributed by atoms with Crippen molar-refractivity contribution in [3.05, 3.63) is 0 Å². The molecule has 76 valence electrons. The summed E-state index contributed by atoms with van der Waals surface area (Å²) in [5.41, 5.74) is 5.27. The molecule has 1 aliphatic rings. The van der Waals surface area contributed by atoms with Gasteiger partial charge in [0.1, 0.15) is 5.60 Å². The van der Waals surface area contributed by atoms with Gasteiger partial charge >= 0.3 is 5.97 Å². The van der Waals surface area contributed by atoms with Crippen LogP contribution in [-0.2, 0) is 9.53 Å². The summed E-state index contributed by atoms with van der Waals surface area (Å²) < 4.78 is 5.25. The van der Waals surface area contributed by atoms with Crippen LogP contribution in [0.15, 0.2) is 0 Å². The van der Waals surface area contributed by atoms with Gasteiger partial charge in [0.05, 0.1) is 5.92 Å². The highest BCUT2D eigenvalue weighted by molar-refractivity contribution is 5.79. The van der Waals surface area contributed by atoms with E-state index in [-0.39, 0.29) is 23.3 Å². The quantitative estimate of drug-likeness (QED) is 0.627. The van der Waals surface area contributed by atoms with Crippen LogP contribution >= 0.6 is 0 Å². The van der Waals surface area contributed by atoms with Gasteiger partial charge < -0.3 is 10.5 Å². The van der Waals surface area contributed by atoms with Gasteiger partial charge in [0, 0.05) is 6.04 Å². The van der Waals surface area contributed by atoms with Crippen LogP contribution in [0.1, 0.15) is 34.6 Å². The van der Waals surface area contributed by atoms with Crippen LogP contribution in [0.5, 0.6) is 0 Å². The zero-order chi connectivity index (χ0) is 10.4. The molecule has 1 saturated carbocycles. The zero-order valence-corrected chi connectivity index (χ0v) is 9.05. The molecule has 0 bridgehead atoms. The SMILES string of the molecule is CC(C)(C)OC(=O)[C@@H]1[C@H](N)C1(C)C. The van der Waals surface area contributed by atoms with Crippen molar-refractivity contribution in [3.8, 4) is 0 Å². The first-order chi connectivity index (χ1) is 5.66. The van der Waals surface area contributed by atoms with Crippen LogP contribution in [-0.4, -0.2) is 17.6 Å². The molecular weight excluding hydrogens is 166 g/mol. The molecule has 0 spiro atoms. The molecule has 0 unspecified atom stereocenters. The fourth-order valence-corrected chi connectivity index (χ4v) is 1.49. The van der Waals surface area contributed by atoms with Crippen LogP contribution < -0.4 is 5.73 Å². The summed E-state index contributed by atoms with van der Waals surface area (Å²) in [5, 5.41) is 0. The number of carbonyl (C=O) groups is 1. The lowest BCUT2D eigenvalue weighted by Gasteiger charge is -2.19. The van der Waals surface area contributed by atoms with Crippen molar-refractivity contribution in [1.82, 2.24) is 0 Å². The summed E-state index contributed by atoms with van der Waals surface area (Å²) >= 11 is 0. The number of hydrogen-bond acceptors (Lipinski definition) is 3. The van der Waals surface area contributed by atoms with Gasteiger partial charge in [-0.3, -0.25) is 4.79 Å². The van der Waals surface area contributed by atoms with E-state index in [0.29, 0.717) is 0 Å². The molecule has 0 aromatic rings. The lowest BCUT2D eigenvalue weighted by Crippen LogP contribution is -2.26. The second-order valence-electron chi connectivity index (χ2n) is 5.36. The average molecular weight is 185 g/mol. The smallest absolute Gasteiger partial charge is 0.311 e. The van der Waals surface area contributed by atoms with E-state index < -0.39 is 5.60 Å². The van der Waals surface area contributed by atoms with E-state index in [1.54, 1.807) is 0 Å². The number of hydrogen-bond donors (Lipinski definition) is 1. The van der Waals surface area contributed by atoms with Crippen LogP contribution in [0.3, 0.4) is 0 Å². The van der Waals surface area contributed by atoms with Crippen molar-refractivity contribution in [1.29, 1.82) is 0 Å². The number of carbonyl (C=O) groups excluding carboxylic acids is 1. The molecule has 0 radical (unpaired) electrons. The lowest BCUT2D eigenvalue weighted by atomic mass is 10.1. The summed E-state index contributed by atoms with van der Waals surface area (Å²) in [6, 6.07) is -0.0395. The lowest BCUT2D eigenvalue weighted by molar-refractivity contribution is -0.157. The van der Waals surface area contributed by atoms with Gasteiger partial charge in [0.2, 0.25) is 0 Å². The Kier molecular flexibility index (Phi) is 2.19. The first-order valence-corrected chi connectivity index (χ1v) is 4.65. The van der Waals surface area contributed by atoms with Gasteiger partial charge in [-0.15, -0.1) is 0 Å². The number of rotatable bonds is 1. The maximum absolute atomic E-state index is 11.5. The third-order valence-electron chi connectivity index (χ3n) is 2.57. The molecule has 0 aromatic carbocycles. The minimum absolute atomic E-state index is 0.0395. The molecule has 0 aromatic heterocycles. The Morgan fingerprint density at radius 3 is 2.00 bits per heavy atom. The number of esters is 1. The van der Waals surface area contributed by atoms with E-state index >= 15 is 0 Å². The topological polar surface area (TPSA) is 52.3 Å². The van der Waals surface area contributed by atoms with Gasteiger partial charge in [-0.25, -0.2) is 0 Å². The van der Waals surface area contributed by atoms with Crippen LogP contribution in [0.2, 0.25) is 0 Å². The first kappa shape index (κ1) is 10.5. The van der Waals surface area contributed by atoms with Crippen molar-refractivity contribution in [3.63, 3.8) is 0 Å². The van der Waals surface area contributed by atoms with E-state index in [4.69, 9.17) is 10.5 Å². The molecule has 1 rings (SSSR count). The second-order valence-corrected chi connectivity index (χ2v) is 5.36. The van der Waals surface area contributed by atoms with Crippen LogP contribution in [0.4, 0.5) is 0 Å². The molecule has 0 aliphatic heterocycles. The Hall–Kier alpha value is -0.570. The summed E-state index contributed by atoms with van der Waals surface area (Å²) in [4.78, 5) is 11.5. The Labute approximate surface area is 79.6 Å². The molecule has 13 heavy (non-hydrogen) atoms. The summed E-state index contributed by atoms with van der Waals surface area (Å²) in [6.45, 7) is 9.59. The standard InChI is InChI=1S/C10H19NO2/c1-9(2,3)13-8(12)6-7(11)10(6,4)5/h6-7H,11H2,1-5H3/t6-,7-/m0/s1. The molecule has 0 saturated heterocycles. The molecule has 3 nitrogen and oxygen atoms in total. The molecule has 3 heteroatoms. The highest BCUT2D eigenvalue weighted by atomic mass is 16.6. The molecular formula is C10H19NO2. The van der Waals surface area contributed by atoms with Crippen LogP contribution in [0.25, 0.3) is 0 Å². The summed E-state index contributed by atoms with van der Waals surface area (Å²) in [7, 11) is 0.